The lowest BCUT2D eigenvalue weighted by molar-refractivity contribution is 0.0956. The number of amides is 1. The van der Waals surface area contributed by atoms with Crippen LogP contribution in [0.5, 0.6) is 11.5 Å². The zero-order valence-electron chi connectivity index (χ0n) is 16.8. The molecule has 160 valence electrons. The highest BCUT2D eigenvalue weighted by Gasteiger charge is 2.15. The van der Waals surface area contributed by atoms with E-state index in [1.165, 1.54) is 6.21 Å². The third-order valence-corrected chi connectivity index (χ3v) is 5.78. The first kappa shape index (κ1) is 22.0. The first-order chi connectivity index (χ1) is 15.4. The fraction of sp³-hybridized carbons (Fsp3) is 0.0417. The number of phenolic OH excluding ortho intramolecular Hbond substituents is 1. The zero-order valence-corrected chi connectivity index (χ0v) is 20.0. The van der Waals surface area contributed by atoms with Crippen LogP contribution in [0.4, 0.5) is 0 Å². The molecule has 1 aromatic heterocycles. The molecule has 4 aromatic rings. The molecular weight excluding hydrogens is 538 g/mol. The van der Waals surface area contributed by atoms with E-state index in [4.69, 9.17) is 9.72 Å². The fourth-order valence-electron chi connectivity index (χ4n) is 3.14. The lowest BCUT2D eigenvalue weighted by Crippen LogP contribution is -2.18. The van der Waals surface area contributed by atoms with Crippen LogP contribution in [0.3, 0.4) is 0 Å². The number of ether oxygens (including phenoxy) is 1. The summed E-state index contributed by atoms with van der Waals surface area (Å²) in [7, 11) is 1.57. The predicted molar refractivity (Wildman–Crippen MR) is 132 cm³/mol. The number of hydrogen-bond acceptors (Lipinski definition) is 5. The summed E-state index contributed by atoms with van der Waals surface area (Å²) in [5.41, 5.74) is 5.61. The number of benzene rings is 3. The number of aromatic nitrogens is 1. The number of methoxy groups -OCH3 is 1. The van der Waals surface area contributed by atoms with Crippen molar-refractivity contribution in [3.63, 3.8) is 0 Å². The Balaban J connectivity index is 1.73. The summed E-state index contributed by atoms with van der Waals surface area (Å²) in [5, 5.41) is 14.6. The second-order valence-corrected chi connectivity index (χ2v) is 8.68. The molecule has 32 heavy (non-hydrogen) atoms. The Morgan fingerprint density at radius 3 is 2.53 bits per heavy atom. The molecule has 0 saturated carbocycles. The van der Waals surface area contributed by atoms with Crippen molar-refractivity contribution < 1.29 is 14.6 Å². The van der Waals surface area contributed by atoms with Crippen molar-refractivity contribution in [1.29, 1.82) is 0 Å². The minimum atomic E-state index is -0.408. The quantitative estimate of drug-likeness (QED) is 0.237. The number of nitrogens with one attached hydrogen (secondary N) is 1. The van der Waals surface area contributed by atoms with E-state index in [1.54, 1.807) is 43.5 Å². The van der Waals surface area contributed by atoms with E-state index in [-0.39, 0.29) is 5.75 Å². The summed E-state index contributed by atoms with van der Waals surface area (Å²) in [4.78, 5) is 17.8. The van der Waals surface area contributed by atoms with Crippen LogP contribution in [0.25, 0.3) is 22.2 Å². The molecule has 0 bridgehead atoms. The van der Waals surface area contributed by atoms with Gasteiger partial charge in [-0.2, -0.15) is 5.10 Å². The molecule has 8 heteroatoms. The SMILES string of the molecule is COc1ccc2nc(-c3ccc(Br)cc3)cc(C(=O)NN=Cc3cc(Br)ccc3O)c2c1. The second-order valence-electron chi connectivity index (χ2n) is 6.85. The van der Waals surface area contributed by atoms with E-state index in [0.29, 0.717) is 33.5 Å². The van der Waals surface area contributed by atoms with E-state index in [2.05, 4.69) is 42.4 Å². The number of hydrogen-bond donors (Lipinski definition) is 2. The monoisotopic (exact) mass is 553 g/mol. The molecule has 0 spiro atoms. The normalized spacial score (nSPS) is 11.1. The fourth-order valence-corrected chi connectivity index (χ4v) is 3.78. The van der Waals surface area contributed by atoms with Gasteiger partial charge in [-0.05, 0) is 54.6 Å². The van der Waals surface area contributed by atoms with Gasteiger partial charge in [0.15, 0.2) is 0 Å². The van der Waals surface area contributed by atoms with Gasteiger partial charge in [0, 0.05) is 25.5 Å². The van der Waals surface area contributed by atoms with Crippen molar-refractivity contribution in [2.24, 2.45) is 5.10 Å². The van der Waals surface area contributed by atoms with Crippen LogP contribution in [0.1, 0.15) is 15.9 Å². The van der Waals surface area contributed by atoms with Crippen molar-refractivity contribution in [2.45, 2.75) is 0 Å². The smallest absolute Gasteiger partial charge is 0.272 e. The predicted octanol–water partition coefficient (Wildman–Crippen LogP) is 5.90. The van der Waals surface area contributed by atoms with Crippen LogP contribution < -0.4 is 10.2 Å². The Labute approximate surface area is 201 Å². The molecular formula is C24H17Br2N3O3. The number of carbonyl (C=O) groups excluding carboxylic acids is 1. The number of aromatic hydroxyl groups is 1. The number of rotatable bonds is 5. The van der Waals surface area contributed by atoms with Crippen LogP contribution >= 0.6 is 31.9 Å². The molecule has 2 N–H and O–H groups in total. The molecule has 3 aromatic carbocycles. The molecule has 0 fully saturated rings. The third-order valence-electron chi connectivity index (χ3n) is 4.76. The standard InChI is InChI=1S/C24H17Br2N3O3/c1-32-18-7-8-21-19(11-18)20(12-22(28-21)14-2-4-16(25)5-3-14)24(31)29-27-13-15-10-17(26)6-9-23(15)30/h2-13,30H,1H3,(H,29,31). The van der Waals surface area contributed by atoms with Gasteiger partial charge in [-0.25, -0.2) is 10.4 Å². The number of phenols is 1. The van der Waals surface area contributed by atoms with Gasteiger partial charge in [0.25, 0.3) is 5.91 Å². The van der Waals surface area contributed by atoms with Gasteiger partial charge in [-0.3, -0.25) is 4.79 Å². The summed E-state index contributed by atoms with van der Waals surface area (Å²) in [6, 6.07) is 19.8. The second kappa shape index (κ2) is 9.50. The number of halogens is 2. The summed E-state index contributed by atoms with van der Waals surface area (Å²) >= 11 is 6.78. The average Bonchev–Trinajstić information content (AvgIpc) is 2.80. The molecule has 0 atom stereocenters. The van der Waals surface area contributed by atoms with E-state index in [0.717, 1.165) is 14.5 Å². The van der Waals surface area contributed by atoms with Gasteiger partial charge >= 0.3 is 0 Å². The number of nitrogens with zero attached hydrogens (tertiary/aromatic N) is 2. The Kier molecular flexibility index (Phi) is 6.53. The van der Waals surface area contributed by atoms with Gasteiger partial charge in [0.1, 0.15) is 11.5 Å². The summed E-state index contributed by atoms with van der Waals surface area (Å²) < 4.78 is 7.06. The van der Waals surface area contributed by atoms with Gasteiger partial charge in [0.05, 0.1) is 30.1 Å². The summed E-state index contributed by atoms with van der Waals surface area (Å²) in [6.07, 6.45) is 1.39. The summed E-state index contributed by atoms with van der Waals surface area (Å²) in [5.74, 6) is 0.268. The minimum Gasteiger partial charge on any atom is -0.507 e. The number of pyridine rings is 1. The number of hydrazone groups is 1. The highest BCUT2D eigenvalue weighted by Crippen LogP contribution is 2.28. The van der Waals surface area contributed by atoms with E-state index in [9.17, 15) is 9.90 Å². The molecule has 0 aliphatic heterocycles. The van der Waals surface area contributed by atoms with Gasteiger partial charge < -0.3 is 9.84 Å². The molecule has 0 saturated heterocycles. The lowest BCUT2D eigenvalue weighted by Gasteiger charge is -2.10. The molecule has 4 rings (SSSR count). The Hall–Kier alpha value is -3.23. The highest BCUT2D eigenvalue weighted by molar-refractivity contribution is 9.10. The van der Waals surface area contributed by atoms with Crippen LogP contribution in [0.15, 0.2) is 80.8 Å². The highest BCUT2D eigenvalue weighted by atomic mass is 79.9. The number of fused-ring (bicyclic) bond motifs is 1. The Morgan fingerprint density at radius 2 is 1.78 bits per heavy atom. The minimum absolute atomic E-state index is 0.0582. The van der Waals surface area contributed by atoms with Crippen molar-refractivity contribution in [1.82, 2.24) is 10.4 Å². The van der Waals surface area contributed by atoms with Crippen LogP contribution in [-0.4, -0.2) is 29.3 Å². The molecule has 0 unspecified atom stereocenters. The Bertz CT molecular complexity index is 1340. The number of carbonyl (C=O) groups is 1. The Morgan fingerprint density at radius 1 is 1.03 bits per heavy atom. The summed E-state index contributed by atoms with van der Waals surface area (Å²) in [6.45, 7) is 0. The molecule has 1 heterocycles. The molecule has 0 aliphatic carbocycles. The lowest BCUT2D eigenvalue weighted by atomic mass is 10.0. The largest absolute Gasteiger partial charge is 0.507 e. The van der Waals surface area contributed by atoms with Crippen LogP contribution in [-0.2, 0) is 0 Å². The van der Waals surface area contributed by atoms with E-state index in [1.807, 2.05) is 30.3 Å². The molecule has 6 nitrogen and oxygen atoms in total. The molecule has 0 aliphatic rings. The zero-order chi connectivity index (χ0) is 22.7. The molecule has 1 amide bonds. The maximum Gasteiger partial charge on any atom is 0.272 e. The van der Waals surface area contributed by atoms with Gasteiger partial charge in [-0.1, -0.05) is 44.0 Å². The average molecular weight is 555 g/mol. The van der Waals surface area contributed by atoms with Crippen molar-refractivity contribution in [2.75, 3.05) is 7.11 Å². The third kappa shape index (κ3) is 4.81. The van der Waals surface area contributed by atoms with Crippen molar-refractivity contribution >= 4 is 54.9 Å². The maximum absolute atomic E-state index is 13.1. The van der Waals surface area contributed by atoms with Crippen LogP contribution in [0.2, 0.25) is 0 Å². The van der Waals surface area contributed by atoms with Crippen molar-refractivity contribution in [3.05, 3.63) is 86.8 Å². The van der Waals surface area contributed by atoms with Gasteiger partial charge in [-0.15, -0.1) is 0 Å². The maximum atomic E-state index is 13.1. The van der Waals surface area contributed by atoms with E-state index >= 15 is 0 Å². The van der Waals surface area contributed by atoms with Gasteiger partial charge in [0.2, 0.25) is 0 Å². The first-order valence-corrected chi connectivity index (χ1v) is 11.1. The van der Waals surface area contributed by atoms with Crippen molar-refractivity contribution in [3.8, 4) is 22.8 Å². The topological polar surface area (TPSA) is 83.8 Å². The molecule has 0 radical (unpaired) electrons. The first-order valence-electron chi connectivity index (χ1n) is 9.51. The van der Waals surface area contributed by atoms with E-state index < -0.39 is 5.91 Å². The van der Waals surface area contributed by atoms with Crippen LogP contribution in [0, 0.1) is 0 Å².